The summed E-state index contributed by atoms with van der Waals surface area (Å²) in [4.78, 5) is 0. The molecule has 0 amide bonds. The van der Waals surface area contributed by atoms with Gasteiger partial charge in [0.25, 0.3) is 0 Å². The van der Waals surface area contributed by atoms with E-state index in [4.69, 9.17) is 16.3 Å². The van der Waals surface area contributed by atoms with Gasteiger partial charge in [-0.05, 0) is 37.1 Å². The summed E-state index contributed by atoms with van der Waals surface area (Å²) >= 11 is 5.67. The zero-order valence-electron chi connectivity index (χ0n) is 11.8. The number of rotatable bonds is 7. The molecule has 0 aliphatic rings. The molecule has 0 unspecified atom stereocenters. The van der Waals surface area contributed by atoms with Gasteiger partial charge in [0, 0.05) is 17.8 Å². The average Bonchev–Trinajstić information content (AvgIpc) is 2.34. The largest absolute Gasteiger partial charge is 0.496 e. The van der Waals surface area contributed by atoms with Gasteiger partial charge < -0.3 is 10.1 Å². The Kier molecular flexibility index (Phi) is 5.97. The maximum Gasteiger partial charge on any atom is 0.121 e. The lowest BCUT2D eigenvalue weighted by atomic mass is 9.83. The van der Waals surface area contributed by atoms with E-state index in [1.54, 1.807) is 7.11 Å². The van der Waals surface area contributed by atoms with Gasteiger partial charge in [-0.3, -0.25) is 0 Å². The van der Waals surface area contributed by atoms with Crippen LogP contribution in [0.3, 0.4) is 0 Å². The molecule has 1 aromatic rings. The Morgan fingerprint density at radius 1 is 1.33 bits per heavy atom. The molecule has 0 spiro atoms. The zero-order chi connectivity index (χ0) is 13.6. The number of nitrogens with one attached hydrogen (secondary N) is 1. The number of hydrogen-bond donors (Lipinski definition) is 1. The molecule has 102 valence electrons. The molecular weight excluding hydrogens is 246 g/mol. The number of halogens is 1. The molecule has 0 aliphatic heterocycles. The fourth-order valence-corrected chi connectivity index (χ4v) is 2.13. The van der Waals surface area contributed by atoms with Crippen molar-refractivity contribution in [2.24, 2.45) is 0 Å². The molecule has 0 heterocycles. The molecule has 1 rings (SSSR count). The molecule has 0 radical (unpaired) electrons. The maximum absolute atomic E-state index is 5.67. The second-order valence-corrected chi connectivity index (χ2v) is 5.67. The monoisotopic (exact) mass is 269 g/mol. The molecule has 2 nitrogen and oxygen atoms in total. The van der Waals surface area contributed by atoms with Crippen molar-refractivity contribution in [3.8, 4) is 5.75 Å². The molecule has 0 bridgehead atoms. The van der Waals surface area contributed by atoms with E-state index in [0.29, 0.717) is 0 Å². The van der Waals surface area contributed by atoms with Gasteiger partial charge in [0.2, 0.25) is 0 Å². The van der Waals surface area contributed by atoms with E-state index in [2.05, 4.69) is 38.2 Å². The van der Waals surface area contributed by atoms with Crippen molar-refractivity contribution in [2.45, 2.75) is 32.6 Å². The van der Waals surface area contributed by atoms with Gasteiger partial charge in [-0.15, -0.1) is 11.6 Å². The minimum absolute atomic E-state index is 0.114. The lowest BCUT2D eigenvalue weighted by molar-refractivity contribution is 0.410. The maximum atomic E-state index is 5.67. The highest BCUT2D eigenvalue weighted by atomic mass is 35.5. The van der Waals surface area contributed by atoms with Gasteiger partial charge in [0.1, 0.15) is 5.75 Å². The number of alkyl halides is 1. The first-order valence-corrected chi connectivity index (χ1v) is 6.96. The lowest BCUT2D eigenvalue weighted by Crippen LogP contribution is -2.33. The summed E-state index contributed by atoms with van der Waals surface area (Å²) < 4.78 is 5.30. The highest BCUT2D eigenvalue weighted by Gasteiger charge is 2.20. The summed E-state index contributed by atoms with van der Waals surface area (Å²) in [5.74, 6) is 1.67. The third-order valence-corrected chi connectivity index (χ3v) is 3.50. The topological polar surface area (TPSA) is 21.3 Å². The van der Waals surface area contributed by atoms with Crippen LogP contribution in [-0.4, -0.2) is 26.1 Å². The van der Waals surface area contributed by atoms with Crippen molar-refractivity contribution < 1.29 is 4.74 Å². The van der Waals surface area contributed by atoms with Crippen molar-refractivity contribution in [1.82, 2.24) is 5.32 Å². The number of ether oxygens (including phenoxy) is 1. The smallest absolute Gasteiger partial charge is 0.121 e. The molecular formula is C15H24ClNO. The quantitative estimate of drug-likeness (QED) is 0.604. The van der Waals surface area contributed by atoms with Crippen molar-refractivity contribution in [3.05, 3.63) is 29.3 Å². The first-order chi connectivity index (χ1) is 8.51. The summed E-state index contributed by atoms with van der Waals surface area (Å²) in [6.07, 6.45) is 1.01. The lowest BCUT2D eigenvalue weighted by Gasteiger charge is -2.26. The van der Waals surface area contributed by atoms with Crippen LogP contribution in [0.25, 0.3) is 0 Å². The molecule has 1 aromatic carbocycles. The third kappa shape index (κ3) is 4.18. The Morgan fingerprint density at radius 2 is 2.06 bits per heavy atom. The van der Waals surface area contributed by atoms with E-state index in [-0.39, 0.29) is 5.41 Å². The van der Waals surface area contributed by atoms with Crippen LogP contribution in [0.1, 0.15) is 31.4 Å². The second kappa shape index (κ2) is 7.01. The SMILES string of the molecule is COc1ccc(C(C)(C)CNCCCCl)cc1C. The predicted octanol–water partition coefficient (Wildman–Crippen LogP) is 3.50. The van der Waals surface area contributed by atoms with Crippen LogP contribution in [0.5, 0.6) is 5.75 Å². The Hall–Kier alpha value is -0.730. The predicted molar refractivity (Wildman–Crippen MR) is 79.0 cm³/mol. The van der Waals surface area contributed by atoms with Gasteiger partial charge in [-0.1, -0.05) is 26.0 Å². The van der Waals surface area contributed by atoms with Crippen LogP contribution in [0.15, 0.2) is 18.2 Å². The number of hydrogen-bond acceptors (Lipinski definition) is 2. The summed E-state index contributed by atoms with van der Waals surface area (Å²) in [6.45, 7) is 8.51. The van der Waals surface area contributed by atoms with Crippen LogP contribution < -0.4 is 10.1 Å². The summed E-state index contributed by atoms with van der Waals surface area (Å²) in [7, 11) is 1.71. The van der Waals surface area contributed by atoms with E-state index in [9.17, 15) is 0 Å². The highest BCUT2D eigenvalue weighted by molar-refractivity contribution is 6.17. The first-order valence-electron chi connectivity index (χ1n) is 6.43. The van der Waals surface area contributed by atoms with E-state index >= 15 is 0 Å². The van der Waals surface area contributed by atoms with E-state index in [0.717, 1.165) is 31.1 Å². The zero-order valence-corrected chi connectivity index (χ0v) is 12.6. The molecule has 0 saturated carbocycles. The molecule has 0 aromatic heterocycles. The van der Waals surface area contributed by atoms with Crippen LogP contribution in [0.4, 0.5) is 0 Å². The summed E-state index contributed by atoms with van der Waals surface area (Å²) in [5.41, 5.74) is 2.63. The normalized spacial score (nSPS) is 11.6. The summed E-state index contributed by atoms with van der Waals surface area (Å²) in [6, 6.07) is 6.41. The minimum Gasteiger partial charge on any atom is -0.496 e. The van der Waals surface area contributed by atoms with Gasteiger partial charge >= 0.3 is 0 Å². The fourth-order valence-electron chi connectivity index (χ4n) is 1.99. The van der Waals surface area contributed by atoms with Gasteiger partial charge in [-0.25, -0.2) is 0 Å². The second-order valence-electron chi connectivity index (χ2n) is 5.29. The van der Waals surface area contributed by atoms with Crippen LogP contribution in [0.2, 0.25) is 0 Å². The summed E-state index contributed by atoms with van der Waals surface area (Å²) in [5, 5.41) is 3.46. The van der Waals surface area contributed by atoms with Crippen LogP contribution >= 0.6 is 11.6 Å². The Morgan fingerprint density at radius 3 is 2.61 bits per heavy atom. The number of aryl methyl sites for hydroxylation is 1. The molecule has 0 aliphatic carbocycles. The van der Waals surface area contributed by atoms with Crippen molar-refractivity contribution in [3.63, 3.8) is 0 Å². The fraction of sp³-hybridized carbons (Fsp3) is 0.600. The highest BCUT2D eigenvalue weighted by Crippen LogP contribution is 2.27. The van der Waals surface area contributed by atoms with E-state index in [1.807, 2.05) is 6.07 Å². The van der Waals surface area contributed by atoms with Crippen molar-refractivity contribution in [1.29, 1.82) is 0 Å². The Balaban J connectivity index is 2.69. The van der Waals surface area contributed by atoms with E-state index in [1.165, 1.54) is 11.1 Å². The van der Waals surface area contributed by atoms with Crippen molar-refractivity contribution in [2.75, 3.05) is 26.1 Å². The average molecular weight is 270 g/mol. The Labute approximate surface area is 116 Å². The molecule has 0 atom stereocenters. The van der Waals surface area contributed by atoms with E-state index < -0.39 is 0 Å². The number of methoxy groups -OCH3 is 1. The van der Waals surface area contributed by atoms with Crippen molar-refractivity contribution >= 4 is 11.6 Å². The third-order valence-electron chi connectivity index (χ3n) is 3.23. The first kappa shape index (κ1) is 15.3. The number of benzene rings is 1. The van der Waals surface area contributed by atoms with Crippen LogP contribution in [0, 0.1) is 6.92 Å². The molecule has 0 saturated heterocycles. The molecule has 1 N–H and O–H groups in total. The van der Waals surface area contributed by atoms with Gasteiger partial charge in [0.15, 0.2) is 0 Å². The molecule has 3 heteroatoms. The minimum atomic E-state index is 0.114. The van der Waals surface area contributed by atoms with Gasteiger partial charge in [-0.2, -0.15) is 0 Å². The molecule has 0 fully saturated rings. The van der Waals surface area contributed by atoms with Gasteiger partial charge in [0.05, 0.1) is 7.11 Å². The Bertz CT molecular complexity index is 377. The van der Waals surface area contributed by atoms with Crippen LogP contribution in [-0.2, 0) is 5.41 Å². The molecule has 18 heavy (non-hydrogen) atoms. The standard InChI is InChI=1S/C15H24ClNO/c1-12-10-13(6-7-14(12)18-4)15(2,3)11-17-9-5-8-16/h6-7,10,17H,5,8-9,11H2,1-4H3.